The lowest BCUT2D eigenvalue weighted by Crippen LogP contribution is -4.00. The Bertz CT molecular complexity index is 697. The average Bonchev–Trinajstić information content (AvgIpc) is 2.82. The molecular formula is C13H9IN2O3. The van der Waals surface area contributed by atoms with Crippen LogP contribution in [0.3, 0.4) is 0 Å². The van der Waals surface area contributed by atoms with Gasteiger partial charge in [0.1, 0.15) is 5.82 Å². The number of rotatable bonds is 3. The van der Waals surface area contributed by atoms with Crippen LogP contribution in [0.2, 0.25) is 0 Å². The summed E-state index contributed by atoms with van der Waals surface area (Å²) >= 11 is -3.72. The fourth-order valence-electron chi connectivity index (χ4n) is 1.84. The van der Waals surface area contributed by atoms with Crippen LogP contribution in [-0.2, 0) is 0 Å². The Hall–Kier alpha value is -1.64. The van der Waals surface area contributed by atoms with Crippen LogP contribution in [0.15, 0.2) is 48.5 Å². The fraction of sp³-hybridized carbons (Fsp3) is 0. The molecule has 0 aliphatic rings. The summed E-state index contributed by atoms with van der Waals surface area (Å²) in [6.45, 7) is 0. The van der Waals surface area contributed by atoms with Crippen LogP contribution < -0.4 is 31.0 Å². The van der Waals surface area contributed by atoms with Crippen molar-refractivity contribution < 1.29 is 31.0 Å². The van der Waals surface area contributed by atoms with E-state index in [0.717, 1.165) is 22.4 Å². The van der Waals surface area contributed by atoms with Gasteiger partial charge < -0.3 is 11.9 Å². The summed E-state index contributed by atoms with van der Waals surface area (Å²) in [5.41, 5.74) is 2.49. The van der Waals surface area contributed by atoms with Crippen molar-refractivity contribution in [3.8, 4) is 17.1 Å². The van der Waals surface area contributed by atoms with Crippen LogP contribution in [0, 0.1) is 0 Å². The number of halogens is 1. The molecular weight excluding hydrogens is 359 g/mol. The van der Waals surface area contributed by atoms with Crippen LogP contribution in [-0.4, -0.2) is 9.97 Å². The van der Waals surface area contributed by atoms with Crippen molar-refractivity contribution in [3.63, 3.8) is 0 Å². The highest BCUT2D eigenvalue weighted by atomic mass is 127. The number of hydrogen-bond acceptors (Lipinski definition) is 4. The number of imidazole rings is 1. The van der Waals surface area contributed by atoms with Crippen molar-refractivity contribution in [2.75, 3.05) is 0 Å². The zero-order valence-electron chi connectivity index (χ0n) is 9.67. The second-order valence-corrected chi connectivity index (χ2v) is 5.42. The second kappa shape index (κ2) is 5.16. The second-order valence-electron chi connectivity index (χ2n) is 3.90. The van der Waals surface area contributed by atoms with E-state index in [1.54, 1.807) is 18.2 Å². The van der Waals surface area contributed by atoms with Gasteiger partial charge in [0.05, 0.1) is 11.0 Å². The van der Waals surface area contributed by atoms with Crippen LogP contribution >= 0.6 is 0 Å². The van der Waals surface area contributed by atoms with Gasteiger partial charge in [-0.1, -0.05) is 30.3 Å². The molecule has 3 rings (SSSR count). The Morgan fingerprint density at radius 2 is 1.84 bits per heavy atom. The molecule has 0 saturated heterocycles. The topological polar surface area (TPSA) is 84.0 Å². The number of fused-ring (bicyclic) bond motifs is 1. The molecule has 0 aliphatic carbocycles. The minimum Gasteiger partial charge on any atom is -0.385 e. The molecule has 3 aromatic rings. The molecule has 5 nitrogen and oxygen atoms in total. The standard InChI is InChI=1S/C13H9IN2O3/c17-14(18)19-10-6-7-11-12(8-10)16-13(15-11)9-4-2-1-3-5-9/h1-8H,(H,15,16). The maximum atomic E-state index is 10.6. The first-order chi connectivity index (χ1) is 9.22. The monoisotopic (exact) mass is 368 g/mol. The molecule has 19 heavy (non-hydrogen) atoms. The first-order valence-electron chi connectivity index (χ1n) is 5.51. The Labute approximate surface area is 117 Å². The predicted octanol–water partition coefficient (Wildman–Crippen LogP) is -2.30. The molecule has 1 aromatic heterocycles. The SMILES string of the molecule is [O-][I+2]([O-])Oc1ccc2nc(-c3ccccc3)[nH]c2c1. The molecule has 2 aromatic carbocycles. The van der Waals surface area contributed by atoms with Gasteiger partial charge in [0.25, 0.3) is 0 Å². The summed E-state index contributed by atoms with van der Waals surface area (Å²) < 4.78 is 26.0. The first kappa shape index (κ1) is 12.4. The highest BCUT2D eigenvalue weighted by molar-refractivity contribution is 5.80. The molecule has 0 atom stereocenters. The van der Waals surface area contributed by atoms with Gasteiger partial charge in [0, 0.05) is 11.6 Å². The summed E-state index contributed by atoms with van der Waals surface area (Å²) in [6.07, 6.45) is 0. The van der Waals surface area contributed by atoms with Crippen molar-refractivity contribution in [2.45, 2.75) is 0 Å². The van der Waals surface area contributed by atoms with Gasteiger partial charge in [0.2, 0.25) is 5.75 Å². The smallest absolute Gasteiger partial charge is 0.385 e. The van der Waals surface area contributed by atoms with Gasteiger partial charge >= 0.3 is 21.1 Å². The van der Waals surface area contributed by atoms with Crippen molar-refractivity contribution in [1.29, 1.82) is 0 Å². The third-order valence-electron chi connectivity index (χ3n) is 2.65. The predicted molar refractivity (Wildman–Crippen MR) is 62.2 cm³/mol. The van der Waals surface area contributed by atoms with Gasteiger partial charge in [-0.3, -0.25) is 0 Å². The number of aromatic amines is 1. The molecule has 0 spiro atoms. The number of nitrogens with one attached hydrogen (secondary N) is 1. The molecule has 0 radical (unpaired) electrons. The maximum Gasteiger partial charge on any atom is 0.570 e. The molecule has 0 saturated carbocycles. The molecule has 1 heterocycles. The van der Waals surface area contributed by atoms with Crippen molar-refractivity contribution >= 4 is 11.0 Å². The quantitative estimate of drug-likeness (QED) is 0.527. The van der Waals surface area contributed by atoms with Crippen molar-refractivity contribution in [3.05, 3.63) is 48.5 Å². The summed E-state index contributed by atoms with van der Waals surface area (Å²) in [5.74, 6) is 1.05. The Morgan fingerprint density at radius 1 is 1.05 bits per heavy atom. The zero-order valence-corrected chi connectivity index (χ0v) is 11.8. The van der Waals surface area contributed by atoms with E-state index in [1.807, 2.05) is 30.3 Å². The molecule has 0 fully saturated rings. The maximum absolute atomic E-state index is 10.6. The minimum absolute atomic E-state index is 0.311. The van der Waals surface area contributed by atoms with Gasteiger partial charge in [-0.2, -0.15) is 0 Å². The summed E-state index contributed by atoms with van der Waals surface area (Å²) in [7, 11) is 0. The lowest BCUT2D eigenvalue weighted by Gasteiger charge is -1.94. The van der Waals surface area contributed by atoms with Gasteiger partial charge in [-0.05, 0) is 12.1 Å². The van der Waals surface area contributed by atoms with Crippen molar-refractivity contribution in [1.82, 2.24) is 9.97 Å². The van der Waals surface area contributed by atoms with E-state index >= 15 is 0 Å². The van der Waals surface area contributed by atoms with Gasteiger partial charge in [0.15, 0.2) is 0 Å². The van der Waals surface area contributed by atoms with E-state index in [-0.39, 0.29) is 0 Å². The average molecular weight is 368 g/mol. The summed E-state index contributed by atoms with van der Waals surface area (Å²) in [4.78, 5) is 7.60. The minimum atomic E-state index is -3.72. The van der Waals surface area contributed by atoms with E-state index in [4.69, 9.17) is 3.07 Å². The number of aromatic nitrogens is 2. The Kier molecular flexibility index (Phi) is 3.36. The zero-order chi connectivity index (χ0) is 13.2. The van der Waals surface area contributed by atoms with Gasteiger partial charge in [-0.25, -0.2) is 4.98 Å². The molecule has 0 aliphatic heterocycles. The number of hydrogen-bond donors (Lipinski definition) is 1. The van der Waals surface area contributed by atoms with Crippen molar-refractivity contribution in [2.24, 2.45) is 0 Å². The van der Waals surface area contributed by atoms with Crippen LogP contribution in [0.1, 0.15) is 0 Å². The highest BCUT2D eigenvalue weighted by Gasteiger charge is 2.15. The third-order valence-corrected chi connectivity index (χ3v) is 3.52. The Morgan fingerprint density at radius 3 is 2.58 bits per heavy atom. The molecule has 0 unspecified atom stereocenters. The van der Waals surface area contributed by atoms with E-state index < -0.39 is 21.1 Å². The van der Waals surface area contributed by atoms with Crippen LogP contribution in [0.25, 0.3) is 22.4 Å². The van der Waals surface area contributed by atoms with E-state index in [0.29, 0.717) is 5.75 Å². The molecule has 1 N–H and O–H groups in total. The molecule has 6 heteroatoms. The molecule has 0 bridgehead atoms. The van der Waals surface area contributed by atoms with E-state index in [2.05, 4.69) is 9.97 Å². The fourth-order valence-corrected chi connectivity index (χ4v) is 2.53. The normalized spacial score (nSPS) is 11.1. The van der Waals surface area contributed by atoms with E-state index in [1.165, 1.54) is 0 Å². The number of nitrogens with zero attached hydrogens (tertiary/aromatic N) is 1. The lowest BCUT2D eigenvalue weighted by atomic mass is 10.2. The van der Waals surface area contributed by atoms with Crippen LogP contribution in [0.5, 0.6) is 5.75 Å². The molecule has 0 amide bonds. The Balaban J connectivity index is 2.01. The highest BCUT2D eigenvalue weighted by Crippen LogP contribution is 2.22. The van der Waals surface area contributed by atoms with E-state index in [9.17, 15) is 6.87 Å². The lowest BCUT2D eigenvalue weighted by molar-refractivity contribution is -1.62. The summed E-state index contributed by atoms with van der Waals surface area (Å²) in [6, 6.07) is 14.7. The van der Waals surface area contributed by atoms with Crippen LogP contribution in [0.4, 0.5) is 0 Å². The first-order valence-corrected chi connectivity index (χ1v) is 8.16. The summed E-state index contributed by atoms with van der Waals surface area (Å²) in [5, 5.41) is 0. The number of H-pyrrole nitrogens is 1. The van der Waals surface area contributed by atoms with Gasteiger partial charge in [-0.15, -0.1) is 3.07 Å². The largest absolute Gasteiger partial charge is 0.570 e. The molecule has 96 valence electrons. The number of benzene rings is 2. The third kappa shape index (κ3) is 2.70.